The van der Waals surface area contributed by atoms with E-state index in [0.29, 0.717) is 17.4 Å². The van der Waals surface area contributed by atoms with Gasteiger partial charge in [0, 0.05) is 27.7 Å². The molecule has 0 radical (unpaired) electrons. The Balaban J connectivity index is 1.98. The number of ether oxygens (including phenoxy) is 2. The molecule has 136 valence electrons. The summed E-state index contributed by atoms with van der Waals surface area (Å²) in [6, 6.07) is 15.6. The molecule has 0 aromatic heterocycles. The molecule has 2 aromatic rings. The molecule has 0 bridgehead atoms. The molecule has 1 atom stereocenters. The summed E-state index contributed by atoms with van der Waals surface area (Å²) in [4.78, 5) is 0. The van der Waals surface area contributed by atoms with Crippen LogP contribution in [0.4, 0.5) is 0 Å². The lowest BCUT2D eigenvalue weighted by Crippen LogP contribution is -2.26. The second-order valence-electron chi connectivity index (χ2n) is 7.42. The molecule has 2 aromatic carbocycles. The van der Waals surface area contributed by atoms with Crippen molar-refractivity contribution in [3.63, 3.8) is 0 Å². The zero-order chi connectivity index (χ0) is 18.7. The lowest BCUT2D eigenvalue weighted by Gasteiger charge is -2.21. The highest BCUT2D eigenvalue weighted by Crippen LogP contribution is 2.25. The van der Waals surface area contributed by atoms with E-state index in [4.69, 9.17) is 9.47 Å². The Morgan fingerprint density at radius 1 is 0.760 bits per heavy atom. The van der Waals surface area contributed by atoms with Crippen LogP contribution in [0.5, 0.6) is 11.5 Å². The fourth-order valence-corrected chi connectivity index (χ4v) is 2.61. The maximum Gasteiger partial charge on any atom is 0.202 e. The molecule has 25 heavy (non-hydrogen) atoms. The van der Waals surface area contributed by atoms with Crippen LogP contribution in [0.25, 0.3) is 0 Å². The second-order valence-corrected chi connectivity index (χ2v) is 7.42. The Morgan fingerprint density at radius 3 is 1.56 bits per heavy atom. The number of aliphatic hydroxyl groups is 2. The molecular weight excluding hydrogens is 316 g/mol. The first-order chi connectivity index (χ1) is 11.5. The molecule has 0 heterocycles. The molecule has 0 amide bonds. The molecule has 4 nitrogen and oxygen atoms in total. The third kappa shape index (κ3) is 6.77. The highest BCUT2D eigenvalue weighted by molar-refractivity contribution is 5.32. The summed E-state index contributed by atoms with van der Waals surface area (Å²) in [5.74, 6) is -0.715. The Bertz CT molecular complexity index is 661. The summed E-state index contributed by atoms with van der Waals surface area (Å²) in [5.41, 5.74) is 2.41. The Kier molecular flexibility index (Phi) is 5.76. The van der Waals surface area contributed by atoms with Crippen LogP contribution in [0, 0.1) is 0 Å². The highest BCUT2D eigenvalue weighted by atomic mass is 16.6. The van der Waals surface area contributed by atoms with Gasteiger partial charge in [-0.3, -0.25) is 0 Å². The number of hydrogen-bond acceptors (Lipinski definition) is 4. The van der Waals surface area contributed by atoms with Crippen molar-refractivity contribution >= 4 is 0 Å². The van der Waals surface area contributed by atoms with E-state index < -0.39 is 11.6 Å². The van der Waals surface area contributed by atoms with Crippen LogP contribution in [0.15, 0.2) is 48.5 Å². The maximum atomic E-state index is 9.69. The lowest BCUT2D eigenvalue weighted by molar-refractivity contribution is -0.105. The van der Waals surface area contributed by atoms with Gasteiger partial charge in [0.15, 0.2) is 0 Å². The van der Waals surface area contributed by atoms with Crippen LogP contribution in [0.3, 0.4) is 0 Å². The smallest absolute Gasteiger partial charge is 0.202 e. The van der Waals surface area contributed by atoms with Crippen molar-refractivity contribution in [3.8, 4) is 11.5 Å². The van der Waals surface area contributed by atoms with Crippen molar-refractivity contribution in [3.05, 3.63) is 59.7 Å². The van der Waals surface area contributed by atoms with Crippen molar-refractivity contribution < 1.29 is 19.7 Å². The van der Waals surface area contributed by atoms with Gasteiger partial charge in [0.2, 0.25) is 11.6 Å². The van der Waals surface area contributed by atoms with E-state index in [1.165, 1.54) is 11.1 Å². The van der Waals surface area contributed by atoms with Crippen LogP contribution in [0.1, 0.15) is 51.7 Å². The standard InChI is InChI=1S/C21H28O4/c1-15(17-8-12-19(13-9-17)25-21(4,5)23)14-16-6-10-18(11-7-16)24-20(2,3)22/h6-13,15,22-23H,14H2,1-5H3. The quantitative estimate of drug-likeness (QED) is 0.737. The summed E-state index contributed by atoms with van der Waals surface area (Å²) in [6.07, 6.45) is 0.897. The minimum atomic E-state index is -1.18. The number of rotatable bonds is 7. The summed E-state index contributed by atoms with van der Waals surface area (Å²) in [7, 11) is 0. The van der Waals surface area contributed by atoms with Crippen molar-refractivity contribution in [1.82, 2.24) is 0 Å². The molecule has 0 aliphatic carbocycles. The second kappa shape index (κ2) is 7.46. The van der Waals surface area contributed by atoms with Crippen molar-refractivity contribution in [2.24, 2.45) is 0 Å². The summed E-state index contributed by atoms with van der Waals surface area (Å²) in [6.45, 7) is 8.60. The summed E-state index contributed by atoms with van der Waals surface area (Å²) in [5, 5.41) is 19.4. The van der Waals surface area contributed by atoms with Crippen molar-refractivity contribution in [1.29, 1.82) is 0 Å². The van der Waals surface area contributed by atoms with Gasteiger partial charge in [0.25, 0.3) is 0 Å². The normalized spacial score (nSPS) is 13.4. The fraction of sp³-hybridized carbons (Fsp3) is 0.429. The van der Waals surface area contributed by atoms with Gasteiger partial charge in [0.05, 0.1) is 0 Å². The zero-order valence-corrected chi connectivity index (χ0v) is 15.6. The third-order valence-electron chi connectivity index (χ3n) is 3.65. The van der Waals surface area contributed by atoms with Gasteiger partial charge in [-0.05, 0) is 47.7 Å². The third-order valence-corrected chi connectivity index (χ3v) is 3.65. The average molecular weight is 344 g/mol. The lowest BCUT2D eigenvalue weighted by atomic mass is 9.94. The molecule has 4 heteroatoms. The Morgan fingerprint density at radius 2 is 1.16 bits per heavy atom. The van der Waals surface area contributed by atoms with Gasteiger partial charge < -0.3 is 19.7 Å². The first-order valence-corrected chi connectivity index (χ1v) is 8.53. The van der Waals surface area contributed by atoms with Crippen LogP contribution >= 0.6 is 0 Å². The first kappa shape index (κ1) is 19.3. The molecule has 2 rings (SSSR count). The van der Waals surface area contributed by atoms with Crippen LogP contribution < -0.4 is 9.47 Å². The minimum absolute atomic E-state index is 0.345. The molecule has 0 fully saturated rings. The van der Waals surface area contributed by atoms with Crippen LogP contribution in [0.2, 0.25) is 0 Å². The topological polar surface area (TPSA) is 58.9 Å². The van der Waals surface area contributed by atoms with Gasteiger partial charge in [0.1, 0.15) is 11.5 Å². The van der Waals surface area contributed by atoms with Crippen molar-refractivity contribution in [2.45, 2.75) is 58.5 Å². The van der Waals surface area contributed by atoms with E-state index in [-0.39, 0.29) is 0 Å². The van der Waals surface area contributed by atoms with Gasteiger partial charge in [-0.2, -0.15) is 0 Å². The van der Waals surface area contributed by atoms with E-state index in [1.807, 2.05) is 48.5 Å². The van der Waals surface area contributed by atoms with Crippen LogP contribution in [-0.2, 0) is 6.42 Å². The molecule has 0 spiro atoms. The van der Waals surface area contributed by atoms with E-state index in [0.717, 1.165) is 6.42 Å². The molecule has 2 N–H and O–H groups in total. The van der Waals surface area contributed by atoms with Crippen LogP contribution in [-0.4, -0.2) is 21.8 Å². The van der Waals surface area contributed by atoms with E-state index in [9.17, 15) is 10.2 Å². The van der Waals surface area contributed by atoms with Gasteiger partial charge >= 0.3 is 0 Å². The van der Waals surface area contributed by atoms with Gasteiger partial charge in [-0.25, -0.2) is 0 Å². The molecule has 1 unspecified atom stereocenters. The Hall–Kier alpha value is -2.04. The predicted molar refractivity (Wildman–Crippen MR) is 98.9 cm³/mol. The zero-order valence-electron chi connectivity index (χ0n) is 15.6. The molecular formula is C21H28O4. The number of hydrogen-bond donors (Lipinski definition) is 2. The fourth-order valence-electron chi connectivity index (χ4n) is 2.61. The van der Waals surface area contributed by atoms with Gasteiger partial charge in [-0.1, -0.05) is 31.2 Å². The van der Waals surface area contributed by atoms with Crippen molar-refractivity contribution in [2.75, 3.05) is 0 Å². The predicted octanol–water partition coefficient (Wildman–Crippen LogP) is 4.25. The summed E-state index contributed by atoms with van der Waals surface area (Å²) < 4.78 is 10.8. The largest absolute Gasteiger partial charge is 0.463 e. The molecule has 0 saturated carbocycles. The summed E-state index contributed by atoms with van der Waals surface area (Å²) >= 11 is 0. The minimum Gasteiger partial charge on any atom is -0.463 e. The molecule has 0 aliphatic rings. The average Bonchev–Trinajstić information content (AvgIpc) is 2.47. The SMILES string of the molecule is CC(Cc1ccc(OC(C)(C)O)cc1)c1ccc(OC(C)(C)O)cc1. The highest BCUT2D eigenvalue weighted by Gasteiger charge is 2.15. The number of benzene rings is 2. The molecule has 0 saturated heterocycles. The first-order valence-electron chi connectivity index (χ1n) is 8.53. The monoisotopic (exact) mass is 344 g/mol. The van der Waals surface area contributed by atoms with E-state index in [1.54, 1.807) is 27.7 Å². The maximum absolute atomic E-state index is 9.69. The Labute approximate surface area is 150 Å². The van der Waals surface area contributed by atoms with E-state index in [2.05, 4.69) is 6.92 Å². The van der Waals surface area contributed by atoms with Gasteiger partial charge in [-0.15, -0.1) is 0 Å². The molecule has 0 aliphatic heterocycles. The van der Waals surface area contributed by atoms with E-state index >= 15 is 0 Å².